The lowest BCUT2D eigenvalue weighted by Gasteiger charge is -2.25. The molecule has 0 aliphatic carbocycles. The van der Waals surface area contributed by atoms with E-state index in [9.17, 15) is 0 Å². The highest BCUT2D eigenvalue weighted by Crippen LogP contribution is 2.34. The van der Waals surface area contributed by atoms with Gasteiger partial charge < -0.3 is 4.90 Å². The van der Waals surface area contributed by atoms with Crippen LogP contribution in [0.4, 0.5) is 17.1 Å². The summed E-state index contributed by atoms with van der Waals surface area (Å²) < 4.78 is 0. The van der Waals surface area contributed by atoms with Gasteiger partial charge in [0.25, 0.3) is 0 Å². The zero-order chi connectivity index (χ0) is 15.4. The van der Waals surface area contributed by atoms with Crippen LogP contribution in [0.25, 0.3) is 5.57 Å². The number of nitrogens with zero attached hydrogens (tertiary/aromatic N) is 1. The highest BCUT2D eigenvalue weighted by Gasteiger charge is 2.11. The van der Waals surface area contributed by atoms with Gasteiger partial charge in [-0.2, -0.15) is 0 Å². The van der Waals surface area contributed by atoms with Gasteiger partial charge in [-0.25, -0.2) is 0 Å². The van der Waals surface area contributed by atoms with Gasteiger partial charge in [-0.3, -0.25) is 0 Å². The van der Waals surface area contributed by atoms with Crippen molar-refractivity contribution in [2.24, 2.45) is 0 Å². The lowest BCUT2D eigenvalue weighted by atomic mass is 10.1. The van der Waals surface area contributed by atoms with Crippen LogP contribution in [-0.2, 0) is 0 Å². The van der Waals surface area contributed by atoms with E-state index in [-0.39, 0.29) is 0 Å². The van der Waals surface area contributed by atoms with Gasteiger partial charge in [-0.1, -0.05) is 60.7 Å². The maximum absolute atomic E-state index is 4.00. The van der Waals surface area contributed by atoms with Crippen molar-refractivity contribution in [1.29, 1.82) is 0 Å². The van der Waals surface area contributed by atoms with Gasteiger partial charge in [0.05, 0.1) is 0 Å². The maximum atomic E-state index is 4.00. The van der Waals surface area contributed by atoms with Crippen LogP contribution in [0.1, 0.15) is 12.5 Å². The van der Waals surface area contributed by atoms with Crippen molar-refractivity contribution in [3.05, 3.63) is 97.1 Å². The van der Waals surface area contributed by atoms with Crippen molar-refractivity contribution < 1.29 is 0 Å². The Morgan fingerprint density at radius 2 is 1.05 bits per heavy atom. The molecule has 0 saturated carbocycles. The topological polar surface area (TPSA) is 3.24 Å². The number of rotatable bonds is 4. The van der Waals surface area contributed by atoms with Crippen molar-refractivity contribution in [1.82, 2.24) is 0 Å². The third-order valence-corrected chi connectivity index (χ3v) is 3.65. The Balaban J connectivity index is 2.08. The number of allylic oxidation sites excluding steroid dienone is 1. The Bertz CT molecular complexity index is 703. The van der Waals surface area contributed by atoms with Gasteiger partial charge in [0.1, 0.15) is 0 Å². The first-order valence-corrected chi connectivity index (χ1v) is 7.42. The predicted octanol–water partition coefficient (Wildman–Crippen LogP) is 6.19. The second kappa shape index (κ2) is 6.31. The summed E-state index contributed by atoms with van der Waals surface area (Å²) in [6.07, 6.45) is 0. The zero-order valence-electron chi connectivity index (χ0n) is 12.7. The molecule has 3 rings (SSSR count). The molecular weight excluding hydrogens is 266 g/mol. The van der Waals surface area contributed by atoms with E-state index in [0.717, 1.165) is 22.6 Å². The van der Waals surface area contributed by atoms with Crippen molar-refractivity contribution in [2.75, 3.05) is 4.90 Å². The summed E-state index contributed by atoms with van der Waals surface area (Å²) in [5, 5.41) is 0. The second-order valence-electron chi connectivity index (χ2n) is 5.33. The highest BCUT2D eigenvalue weighted by atomic mass is 15.1. The predicted molar refractivity (Wildman–Crippen MR) is 95.8 cm³/mol. The zero-order valence-corrected chi connectivity index (χ0v) is 12.7. The van der Waals surface area contributed by atoms with E-state index >= 15 is 0 Å². The van der Waals surface area contributed by atoms with Crippen molar-refractivity contribution in [2.45, 2.75) is 6.92 Å². The lowest BCUT2D eigenvalue weighted by molar-refractivity contribution is 1.28. The molecule has 0 aliphatic rings. The van der Waals surface area contributed by atoms with Crippen LogP contribution in [0.3, 0.4) is 0 Å². The molecule has 0 aliphatic heterocycles. The highest BCUT2D eigenvalue weighted by molar-refractivity contribution is 5.77. The van der Waals surface area contributed by atoms with Gasteiger partial charge in [0.15, 0.2) is 0 Å². The second-order valence-corrected chi connectivity index (χ2v) is 5.33. The quantitative estimate of drug-likeness (QED) is 0.552. The van der Waals surface area contributed by atoms with E-state index in [1.54, 1.807) is 0 Å². The van der Waals surface area contributed by atoms with Crippen LogP contribution >= 0.6 is 0 Å². The number of anilines is 3. The molecule has 0 unspecified atom stereocenters. The van der Waals surface area contributed by atoms with E-state index in [2.05, 4.69) is 84.3 Å². The molecule has 3 aromatic rings. The van der Waals surface area contributed by atoms with Crippen molar-refractivity contribution in [3.8, 4) is 0 Å². The molecule has 0 bridgehead atoms. The minimum atomic E-state index is 1.08. The largest absolute Gasteiger partial charge is 0.311 e. The summed E-state index contributed by atoms with van der Waals surface area (Å²) in [5.41, 5.74) is 5.69. The molecule has 0 aromatic heterocycles. The average molecular weight is 285 g/mol. The third-order valence-electron chi connectivity index (χ3n) is 3.65. The van der Waals surface area contributed by atoms with Gasteiger partial charge in [-0.15, -0.1) is 0 Å². The Morgan fingerprint density at radius 3 is 1.45 bits per heavy atom. The SMILES string of the molecule is C=C(C)c1ccc(N(c2ccccc2)c2ccccc2)cc1. The first kappa shape index (κ1) is 14.2. The molecule has 0 amide bonds. The summed E-state index contributed by atoms with van der Waals surface area (Å²) in [7, 11) is 0. The fraction of sp³-hybridized carbons (Fsp3) is 0.0476. The van der Waals surface area contributed by atoms with Crippen LogP contribution in [0, 0.1) is 0 Å². The molecule has 0 heterocycles. The molecule has 108 valence electrons. The van der Waals surface area contributed by atoms with Gasteiger partial charge in [0.2, 0.25) is 0 Å². The van der Waals surface area contributed by atoms with E-state index in [1.165, 1.54) is 5.56 Å². The molecule has 1 heteroatoms. The first-order valence-electron chi connectivity index (χ1n) is 7.42. The summed E-state index contributed by atoms with van der Waals surface area (Å²) in [6, 6.07) is 29.4. The minimum absolute atomic E-state index is 1.08. The van der Waals surface area contributed by atoms with Crippen molar-refractivity contribution >= 4 is 22.6 Å². The average Bonchev–Trinajstić information content (AvgIpc) is 2.57. The third kappa shape index (κ3) is 2.94. The number of hydrogen-bond donors (Lipinski definition) is 0. The lowest BCUT2D eigenvalue weighted by Crippen LogP contribution is -2.09. The van der Waals surface area contributed by atoms with E-state index < -0.39 is 0 Å². The van der Waals surface area contributed by atoms with E-state index in [1.807, 2.05) is 19.1 Å². The molecule has 1 nitrogen and oxygen atoms in total. The van der Waals surface area contributed by atoms with Gasteiger partial charge >= 0.3 is 0 Å². The van der Waals surface area contributed by atoms with Crippen LogP contribution < -0.4 is 4.90 Å². The molecule has 0 N–H and O–H groups in total. The molecule has 22 heavy (non-hydrogen) atoms. The molecule has 0 radical (unpaired) electrons. The molecule has 0 spiro atoms. The number of para-hydroxylation sites is 2. The molecule has 3 aromatic carbocycles. The van der Waals surface area contributed by atoms with Crippen LogP contribution in [-0.4, -0.2) is 0 Å². The minimum Gasteiger partial charge on any atom is -0.311 e. The van der Waals surface area contributed by atoms with E-state index in [0.29, 0.717) is 0 Å². The Morgan fingerprint density at radius 1 is 0.636 bits per heavy atom. The fourth-order valence-electron chi connectivity index (χ4n) is 2.50. The maximum Gasteiger partial charge on any atom is 0.0462 e. The van der Waals surface area contributed by atoms with Gasteiger partial charge in [0, 0.05) is 17.1 Å². The monoisotopic (exact) mass is 285 g/mol. The van der Waals surface area contributed by atoms with E-state index in [4.69, 9.17) is 0 Å². The first-order chi connectivity index (χ1) is 10.8. The van der Waals surface area contributed by atoms with Crippen LogP contribution in [0.5, 0.6) is 0 Å². The van der Waals surface area contributed by atoms with Gasteiger partial charge in [-0.05, 0) is 48.9 Å². The molecule has 0 atom stereocenters. The van der Waals surface area contributed by atoms with Crippen LogP contribution in [0.2, 0.25) is 0 Å². The van der Waals surface area contributed by atoms with Crippen LogP contribution in [0.15, 0.2) is 91.5 Å². The Hall–Kier alpha value is -2.80. The summed E-state index contributed by atoms with van der Waals surface area (Å²) in [4.78, 5) is 2.25. The van der Waals surface area contributed by atoms with Crippen molar-refractivity contribution in [3.63, 3.8) is 0 Å². The summed E-state index contributed by atoms with van der Waals surface area (Å²) in [6.45, 7) is 6.03. The Kier molecular flexibility index (Phi) is 4.06. The molecular formula is C21H19N. The number of benzene rings is 3. The summed E-state index contributed by atoms with van der Waals surface area (Å²) >= 11 is 0. The standard InChI is InChI=1S/C21H19N/c1-17(2)18-13-15-21(16-14-18)22(19-9-5-3-6-10-19)20-11-7-4-8-12-20/h3-16H,1H2,2H3. The smallest absolute Gasteiger partial charge is 0.0462 e. The molecule has 0 saturated heterocycles. The Labute approximate surface area is 132 Å². The normalized spacial score (nSPS) is 10.2. The number of hydrogen-bond acceptors (Lipinski definition) is 1. The fourth-order valence-corrected chi connectivity index (χ4v) is 2.50. The summed E-state index contributed by atoms with van der Waals surface area (Å²) in [5.74, 6) is 0. The molecule has 0 fully saturated rings.